The summed E-state index contributed by atoms with van der Waals surface area (Å²) in [6.07, 6.45) is 1.58. The highest BCUT2D eigenvalue weighted by molar-refractivity contribution is 7.89. The molecule has 7 nitrogen and oxygen atoms in total. The van der Waals surface area contributed by atoms with Crippen LogP contribution in [0.3, 0.4) is 0 Å². The molecular weight excluding hydrogens is 332 g/mol. The summed E-state index contributed by atoms with van der Waals surface area (Å²) in [6.45, 7) is 0.921. The summed E-state index contributed by atoms with van der Waals surface area (Å²) in [5.74, 6) is -1.19. The summed E-state index contributed by atoms with van der Waals surface area (Å²) in [5, 5.41) is 0. The van der Waals surface area contributed by atoms with E-state index in [2.05, 4.69) is 4.98 Å². The van der Waals surface area contributed by atoms with Gasteiger partial charge in [-0.3, -0.25) is 9.59 Å². The summed E-state index contributed by atoms with van der Waals surface area (Å²) in [6, 6.07) is 9.51. The number of nitrogens with zero attached hydrogens (tertiary/aromatic N) is 1. The second kappa shape index (κ2) is 7.41. The van der Waals surface area contributed by atoms with E-state index in [1.807, 2.05) is 6.92 Å². The number of nitrogens with one attached hydrogen (secondary N) is 1. The van der Waals surface area contributed by atoms with Gasteiger partial charge in [-0.2, -0.15) is 4.31 Å². The van der Waals surface area contributed by atoms with Crippen molar-refractivity contribution in [2.75, 3.05) is 20.2 Å². The Morgan fingerprint density at radius 3 is 2.42 bits per heavy atom. The smallest absolute Gasteiger partial charge is 0.321 e. The predicted molar refractivity (Wildman–Crippen MR) is 87.1 cm³/mol. The van der Waals surface area contributed by atoms with Crippen molar-refractivity contribution in [2.24, 2.45) is 0 Å². The number of rotatable bonds is 7. The molecule has 1 aromatic carbocycles. The van der Waals surface area contributed by atoms with Crippen LogP contribution in [0.5, 0.6) is 0 Å². The summed E-state index contributed by atoms with van der Waals surface area (Å²) < 4.78 is 30.4. The largest absolute Gasteiger partial charge is 0.456 e. The van der Waals surface area contributed by atoms with Gasteiger partial charge in [0.2, 0.25) is 15.8 Å². The Kier molecular flexibility index (Phi) is 5.53. The number of sulfonamides is 1. The van der Waals surface area contributed by atoms with E-state index in [9.17, 15) is 18.0 Å². The second-order valence-corrected chi connectivity index (χ2v) is 7.29. The minimum absolute atomic E-state index is 0.0888. The minimum Gasteiger partial charge on any atom is -0.456 e. The molecule has 0 fully saturated rings. The molecule has 1 heterocycles. The number of likely N-dealkylation sites (N-methyl/N-ethyl adjacent to an activating group) is 1. The first-order chi connectivity index (χ1) is 11.3. The molecule has 0 saturated carbocycles. The summed E-state index contributed by atoms with van der Waals surface area (Å²) >= 11 is 0. The molecule has 1 aromatic heterocycles. The van der Waals surface area contributed by atoms with Crippen LogP contribution >= 0.6 is 0 Å². The fourth-order valence-corrected chi connectivity index (χ4v) is 3.05. The Morgan fingerprint density at radius 1 is 1.17 bits per heavy atom. The van der Waals surface area contributed by atoms with Gasteiger partial charge in [-0.25, -0.2) is 8.42 Å². The molecule has 2 rings (SSSR count). The highest BCUT2D eigenvalue weighted by atomic mass is 32.2. The lowest BCUT2D eigenvalue weighted by Gasteiger charge is -2.16. The zero-order valence-electron chi connectivity index (χ0n) is 13.4. The van der Waals surface area contributed by atoms with Crippen molar-refractivity contribution in [3.05, 3.63) is 53.9 Å². The number of ketones is 1. The van der Waals surface area contributed by atoms with Gasteiger partial charge in [-0.15, -0.1) is 0 Å². The van der Waals surface area contributed by atoms with Gasteiger partial charge in [0, 0.05) is 13.2 Å². The van der Waals surface area contributed by atoms with E-state index in [0.29, 0.717) is 5.69 Å². The molecule has 0 saturated heterocycles. The van der Waals surface area contributed by atoms with E-state index < -0.39 is 34.9 Å². The van der Waals surface area contributed by atoms with Gasteiger partial charge in [0.1, 0.15) is 6.54 Å². The van der Waals surface area contributed by atoms with Gasteiger partial charge in [-0.1, -0.05) is 17.7 Å². The number of benzene rings is 1. The van der Waals surface area contributed by atoms with Crippen LogP contribution in [0.1, 0.15) is 16.1 Å². The molecule has 0 aliphatic heterocycles. The molecule has 128 valence electrons. The summed E-state index contributed by atoms with van der Waals surface area (Å²) in [7, 11) is -2.51. The number of hydrogen-bond acceptors (Lipinski definition) is 5. The summed E-state index contributed by atoms with van der Waals surface area (Å²) in [4.78, 5) is 26.3. The number of H-pyrrole nitrogens is 1. The van der Waals surface area contributed by atoms with E-state index in [4.69, 9.17) is 4.74 Å². The lowest BCUT2D eigenvalue weighted by atomic mass is 10.2. The van der Waals surface area contributed by atoms with Crippen LogP contribution in [-0.2, 0) is 19.6 Å². The molecule has 0 aliphatic carbocycles. The molecule has 8 heteroatoms. The maximum atomic E-state index is 12.4. The van der Waals surface area contributed by atoms with E-state index in [1.54, 1.807) is 30.5 Å². The molecule has 0 amide bonds. The van der Waals surface area contributed by atoms with Crippen LogP contribution in [0.2, 0.25) is 0 Å². The van der Waals surface area contributed by atoms with Gasteiger partial charge in [0.25, 0.3) is 0 Å². The van der Waals surface area contributed by atoms with E-state index in [1.165, 1.54) is 19.2 Å². The third-order valence-corrected chi connectivity index (χ3v) is 5.16. The Hall–Kier alpha value is -2.45. The number of carbonyl (C=O) groups is 2. The molecule has 0 aliphatic rings. The molecular formula is C16H18N2O5S. The van der Waals surface area contributed by atoms with Gasteiger partial charge in [0.05, 0.1) is 10.6 Å². The molecule has 0 spiro atoms. The van der Waals surface area contributed by atoms with Crippen molar-refractivity contribution in [3.63, 3.8) is 0 Å². The van der Waals surface area contributed by atoms with E-state index in [0.717, 1.165) is 9.87 Å². The van der Waals surface area contributed by atoms with Gasteiger partial charge in [-0.05, 0) is 31.2 Å². The van der Waals surface area contributed by atoms with Crippen molar-refractivity contribution in [1.29, 1.82) is 0 Å². The number of aromatic nitrogens is 1. The number of carbonyl (C=O) groups excluding carboxylic acids is 2. The van der Waals surface area contributed by atoms with E-state index >= 15 is 0 Å². The maximum absolute atomic E-state index is 12.4. The van der Waals surface area contributed by atoms with Crippen molar-refractivity contribution in [3.8, 4) is 0 Å². The highest BCUT2D eigenvalue weighted by Crippen LogP contribution is 2.14. The second-order valence-electron chi connectivity index (χ2n) is 5.24. The zero-order valence-corrected chi connectivity index (χ0v) is 14.2. The molecule has 0 radical (unpaired) electrons. The van der Waals surface area contributed by atoms with Crippen LogP contribution in [0.25, 0.3) is 0 Å². The minimum atomic E-state index is -3.79. The molecule has 2 aromatic rings. The average molecular weight is 350 g/mol. The Balaban J connectivity index is 1.93. The van der Waals surface area contributed by atoms with Crippen molar-refractivity contribution in [2.45, 2.75) is 11.8 Å². The first-order valence-electron chi connectivity index (χ1n) is 7.16. The number of esters is 1. The Labute approximate surface area is 140 Å². The SMILES string of the molecule is Cc1ccc(S(=O)(=O)N(C)CC(=O)OCC(=O)c2ccc[nH]2)cc1. The van der Waals surface area contributed by atoms with Gasteiger partial charge < -0.3 is 9.72 Å². The number of ether oxygens (including phenoxy) is 1. The average Bonchev–Trinajstić information content (AvgIpc) is 3.07. The third-order valence-electron chi connectivity index (χ3n) is 3.34. The van der Waals surface area contributed by atoms with Crippen LogP contribution in [0, 0.1) is 6.92 Å². The van der Waals surface area contributed by atoms with Crippen LogP contribution < -0.4 is 0 Å². The molecule has 0 bridgehead atoms. The fraction of sp³-hybridized carbons (Fsp3) is 0.250. The lowest BCUT2D eigenvalue weighted by molar-refractivity contribution is -0.142. The first-order valence-corrected chi connectivity index (χ1v) is 8.60. The third kappa shape index (κ3) is 4.30. The van der Waals surface area contributed by atoms with Crippen molar-refractivity contribution in [1.82, 2.24) is 9.29 Å². The topological polar surface area (TPSA) is 96.5 Å². The van der Waals surface area contributed by atoms with Crippen LogP contribution in [0.15, 0.2) is 47.5 Å². The molecule has 0 unspecified atom stereocenters. The number of Topliss-reactive ketones (excluding diaryl/α,β-unsaturated/α-hetero) is 1. The predicted octanol–water partition coefficient (Wildman–Crippen LogP) is 1.37. The van der Waals surface area contributed by atoms with E-state index in [-0.39, 0.29) is 4.90 Å². The molecule has 1 N–H and O–H groups in total. The van der Waals surface area contributed by atoms with Crippen molar-refractivity contribution >= 4 is 21.8 Å². The Bertz CT molecular complexity index is 811. The quantitative estimate of drug-likeness (QED) is 0.601. The Morgan fingerprint density at radius 2 is 1.83 bits per heavy atom. The number of aromatic amines is 1. The van der Waals surface area contributed by atoms with Crippen LogP contribution in [0.4, 0.5) is 0 Å². The normalized spacial score (nSPS) is 11.5. The fourth-order valence-electron chi connectivity index (χ4n) is 1.93. The van der Waals surface area contributed by atoms with Crippen molar-refractivity contribution < 1.29 is 22.7 Å². The highest BCUT2D eigenvalue weighted by Gasteiger charge is 2.23. The maximum Gasteiger partial charge on any atom is 0.321 e. The standard InChI is InChI=1S/C16H18N2O5S/c1-12-5-7-13(8-6-12)24(21,22)18(2)10-16(20)23-11-15(19)14-4-3-9-17-14/h3-9,17H,10-11H2,1-2H3. The zero-order chi connectivity index (χ0) is 17.7. The number of aryl methyl sites for hydroxylation is 1. The van der Waals surface area contributed by atoms with Gasteiger partial charge >= 0.3 is 5.97 Å². The lowest BCUT2D eigenvalue weighted by Crippen LogP contribution is -2.33. The van der Waals surface area contributed by atoms with Crippen LogP contribution in [-0.4, -0.2) is 49.7 Å². The molecule has 0 atom stereocenters. The van der Waals surface area contributed by atoms with Gasteiger partial charge in [0.15, 0.2) is 6.61 Å². The summed E-state index contributed by atoms with van der Waals surface area (Å²) in [5.41, 5.74) is 1.25. The number of hydrogen-bond donors (Lipinski definition) is 1. The first kappa shape index (κ1) is 17.9. The molecule has 24 heavy (non-hydrogen) atoms. The monoisotopic (exact) mass is 350 g/mol.